The van der Waals surface area contributed by atoms with E-state index in [0.29, 0.717) is 43.1 Å². The van der Waals surface area contributed by atoms with Crippen molar-refractivity contribution in [3.63, 3.8) is 0 Å². The molecule has 176 valence electrons. The summed E-state index contributed by atoms with van der Waals surface area (Å²) >= 11 is 0. The number of amides is 3. The number of benzene rings is 1. The zero-order valence-electron chi connectivity index (χ0n) is 18.8. The highest BCUT2D eigenvalue weighted by molar-refractivity contribution is 7.92. The van der Waals surface area contributed by atoms with Crippen LogP contribution in [0.4, 0.5) is 10.6 Å². The lowest BCUT2D eigenvalue weighted by Gasteiger charge is -2.21. The Morgan fingerprint density at radius 1 is 1.12 bits per heavy atom. The smallest absolute Gasteiger partial charge is 0.317 e. The Hall–Kier alpha value is -3.01. The molecule has 1 aromatic carbocycles. The number of hydrogen-bond donors (Lipinski definition) is 2. The summed E-state index contributed by atoms with van der Waals surface area (Å²) in [7, 11) is -1.69. The largest absolute Gasteiger partial charge is 0.341 e. The molecule has 9 nitrogen and oxygen atoms in total. The quantitative estimate of drug-likeness (QED) is 0.640. The molecule has 2 aliphatic rings. The number of urea groups is 1. The second kappa shape index (κ2) is 9.46. The van der Waals surface area contributed by atoms with E-state index in [1.807, 2.05) is 6.92 Å². The summed E-state index contributed by atoms with van der Waals surface area (Å²) in [6, 6.07) is 6.53. The molecule has 1 saturated carbocycles. The van der Waals surface area contributed by atoms with Crippen LogP contribution in [0.2, 0.25) is 0 Å². The van der Waals surface area contributed by atoms with Crippen LogP contribution in [0.25, 0.3) is 0 Å². The first kappa shape index (κ1) is 23.2. The summed E-state index contributed by atoms with van der Waals surface area (Å²) in [5.41, 5.74) is 1.48. The number of carbonyl (C=O) groups is 2. The highest BCUT2D eigenvalue weighted by atomic mass is 32.2. The molecule has 2 N–H and O–H groups in total. The van der Waals surface area contributed by atoms with Crippen LogP contribution >= 0.6 is 0 Å². The number of rotatable bonds is 7. The van der Waals surface area contributed by atoms with Gasteiger partial charge in [0.15, 0.2) is 15.7 Å². The van der Waals surface area contributed by atoms with E-state index in [2.05, 4.69) is 20.6 Å². The fourth-order valence-corrected chi connectivity index (χ4v) is 5.88. The molecule has 1 aliphatic heterocycles. The van der Waals surface area contributed by atoms with Crippen molar-refractivity contribution in [3.8, 4) is 0 Å². The van der Waals surface area contributed by atoms with Crippen LogP contribution in [0, 0.1) is 12.8 Å². The molecule has 0 spiro atoms. The Morgan fingerprint density at radius 3 is 2.45 bits per heavy atom. The normalized spacial score (nSPS) is 19.2. The monoisotopic (exact) mass is 471 g/mol. The van der Waals surface area contributed by atoms with Gasteiger partial charge in [0.2, 0.25) is 5.91 Å². The molecular weight excluding hydrogens is 442 g/mol. The third-order valence-corrected chi connectivity index (χ3v) is 8.56. The molecule has 10 heteroatoms. The first-order chi connectivity index (χ1) is 15.8. The van der Waals surface area contributed by atoms with Crippen molar-refractivity contribution in [2.24, 2.45) is 5.92 Å². The van der Waals surface area contributed by atoms with Gasteiger partial charge in [-0.2, -0.15) is 0 Å². The summed E-state index contributed by atoms with van der Waals surface area (Å²) in [5, 5.41) is 5.20. The summed E-state index contributed by atoms with van der Waals surface area (Å²) in [4.78, 5) is 35.7. The Labute approximate surface area is 193 Å². The van der Waals surface area contributed by atoms with E-state index in [0.717, 1.165) is 17.7 Å². The van der Waals surface area contributed by atoms with Gasteiger partial charge in [-0.3, -0.25) is 9.78 Å². The molecule has 1 aliphatic carbocycles. The number of anilines is 1. The molecule has 1 aromatic heterocycles. The number of hydrogen-bond acceptors (Lipinski definition) is 6. The zero-order chi connectivity index (χ0) is 23.6. The standard InChI is InChI=1S/C23H29N5O4S/c1-15-12-26-21(13-25-15)27-22(29)20(11-16-9-10-28(14-16)23(30)24-2)17-3-5-18(6-4-17)33(31,32)19-7-8-19/h3-6,12-13,16,19-20H,7-11,14H2,1-2H3,(H,24,30)(H,26,27,29)/t16-,20?/m1/s1. The molecule has 0 bridgehead atoms. The van der Waals surface area contributed by atoms with Crippen molar-refractivity contribution in [1.29, 1.82) is 0 Å². The summed E-state index contributed by atoms with van der Waals surface area (Å²) in [6.45, 7) is 3.03. The predicted octanol–water partition coefficient (Wildman–Crippen LogP) is 2.49. The van der Waals surface area contributed by atoms with Crippen LogP contribution in [0.1, 0.15) is 42.9 Å². The van der Waals surface area contributed by atoms with Gasteiger partial charge in [0.25, 0.3) is 0 Å². The number of nitrogens with zero attached hydrogens (tertiary/aromatic N) is 3. The molecule has 2 atom stereocenters. The number of aromatic nitrogens is 2. The minimum absolute atomic E-state index is 0.122. The third kappa shape index (κ3) is 5.32. The molecule has 33 heavy (non-hydrogen) atoms. The van der Waals surface area contributed by atoms with Gasteiger partial charge in [-0.1, -0.05) is 12.1 Å². The molecular formula is C23H29N5O4S. The minimum atomic E-state index is -3.29. The molecule has 4 rings (SSSR count). The van der Waals surface area contributed by atoms with Crippen LogP contribution in [-0.4, -0.2) is 60.6 Å². The maximum Gasteiger partial charge on any atom is 0.317 e. The van der Waals surface area contributed by atoms with Crippen molar-refractivity contribution in [1.82, 2.24) is 20.2 Å². The Kier molecular flexibility index (Phi) is 6.64. The minimum Gasteiger partial charge on any atom is -0.341 e. The van der Waals surface area contributed by atoms with Gasteiger partial charge in [-0.05, 0) is 56.2 Å². The maximum absolute atomic E-state index is 13.3. The first-order valence-corrected chi connectivity index (χ1v) is 12.7. The van der Waals surface area contributed by atoms with Crippen LogP contribution in [0.15, 0.2) is 41.6 Å². The van der Waals surface area contributed by atoms with Crippen molar-refractivity contribution in [2.75, 3.05) is 25.5 Å². The van der Waals surface area contributed by atoms with E-state index in [-0.39, 0.29) is 23.1 Å². The van der Waals surface area contributed by atoms with E-state index in [9.17, 15) is 18.0 Å². The van der Waals surface area contributed by atoms with Gasteiger partial charge in [0, 0.05) is 20.1 Å². The van der Waals surface area contributed by atoms with E-state index in [4.69, 9.17) is 0 Å². The molecule has 3 amide bonds. The second-order valence-corrected chi connectivity index (χ2v) is 11.0. The van der Waals surface area contributed by atoms with Crippen molar-refractivity contribution in [2.45, 2.75) is 48.7 Å². The topological polar surface area (TPSA) is 121 Å². The lowest BCUT2D eigenvalue weighted by Crippen LogP contribution is -2.36. The summed E-state index contributed by atoms with van der Waals surface area (Å²) in [5.74, 6) is -0.233. The molecule has 2 aromatic rings. The fourth-order valence-electron chi connectivity index (χ4n) is 4.23. The van der Waals surface area contributed by atoms with Gasteiger partial charge in [0.1, 0.15) is 0 Å². The average molecular weight is 472 g/mol. The zero-order valence-corrected chi connectivity index (χ0v) is 19.6. The van der Waals surface area contributed by atoms with Crippen molar-refractivity contribution < 1.29 is 18.0 Å². The lowest BCUT2D eigenvalue weighted by molar-refractivity contribution is -0.118. The van der Waals surface area contributed by atoms with Gasteiger partial charge in [0.05, 0.1) is 34.2 Å². The number of carbonyl (C=O) groups excluding carboxylic acids is 2. The second-order valence-electron chi connectivity index (χ2n) is 8.79. The van der Waals surface area contributed by atoms with E-state index >= 15 is 0 Å². The van der Waals surface area contributed by atoms with Gasteiger partial charge in [-0.25, -0.2) is 18.2 Å². The number of likely N-dealkylation sites (tertiary alicyclic amines) is 1. The Balaban J connectivity index is 1.54. The summed E-state index contributed by atoms with van der Waals surface area (Å²) in [6.07, 6.45) is 5.84. The van der Waals surface area contributed by atoms with Crippen molar-refractivity contribution in [3.05, 3.63) is 47.9 Å². The van der Waals surface area contributed by atoms with Crippen molar-refractivity contribution >= 4 is 27.6 Å². The van der Waals surface area contributed by atoms with Gasteiger partial charge >= 0.3 is 6.03 Å². The number of nitrogens with one attached hydrogen (secondary N) is 2. The summed E-state index contributed by atoms with van der Waals surface area (Å²) < 4.78 is 25.1. The number of aryl methyl sites for hydroxylation is 1. The van der Waals surface area contributed by atoms with E-state index in [1.165, 1.54) is 6.20 Å². The molecule has 2 fully saturated rings. The highest BCUT2D eigenvalue weighted by Crippen LogP contribution is 2.35. The average Bonchev–Trinajstić information content (AvgIpc) is 3.58. The molecule has 1 unspecified atom stereocenters. The molecule has 1 saturated heterocycles. The first-order valence-electron chi connectivity index (χ1n) is 11.2. The van der Waals surface area contributed by atoms with Crippen LogP contribution in [0.5, 0.6) is 0 Å². The molecule has 2 heterocycles. The Bertz CT molecular complexity index is 1110. The van der Waals surface area contributed by atoms with E-state index < -0.39 is 15.8 Å². The van der Waals surface area contributed by atoms with Gasteiger partial charge < -0.3 is 15.5 Å². The van der Waals surface area contributed by atoms with E-state index in [1.54, 1.807) is 42.4 Å². The predicted molar refractivity (Wildman–Crippen MR) is 124 cm³/mol. The Morgan fingerprint density at radius 2 is 1.85 bits per heavy atom. The SMILES string of the molecule is CNC(=O)N1CC[C@H](CC(C(=O)Nc2cnc(C)cn2)c2ccc(S(=O)(=O)C3CC3)cc2)C1. The van der Waals surface area contributed by atoms with Crippen LogP contribution in [-0.2, 0) is 14.6 Å². The third-order valence-electron chi connectivity index (χ3n) is 6.28. The maximum atomic E-state index is 13.3. The van der Waals surface area contributed by atoms with Crippen LogP contribution < -0.4 is 10.6 Å². The van der Waals surface area contributed by atoms with Gasteiger partial charge in [-0.15, -0.1) is 0 Å². The lowest BCUT2D eigenvalue weighted by atomic mass is 9.87. The fraction of sp³-hybridized carbons (Fsp3) is 0.478. The molecule has 0 radical (unpaired) electrons. The number of sulfone groups is 1. The highest BCUT2D eigenvalue weighted by Gasteiger charge is 2.37. The van der Waals surface area contributed by atoms with Crippen LogP contribution in [0.3, 0.4) is 0 Å².